The average molecular weight is 371 g/mol. The Morgan fingerprint density at radius 3 is 2.58 bits per heavy atom. The minimum atomic E-state index is -0.859. The Morgan fingerprint density at radius 1 is 1.17 bits per heavy atom. The van der Waals surface area contributed by atoms with Gasteiger partial charge in [0.1, 0.15) is 18.1 Å². The molecule has 0 unspecified atom stereocenters. The molecule has 0 bridgehead atoms. The molecule has 0 amide bonds. The number of benzene rings is 2. The van der Waals surface area contributed by atoms with E-state index >= 15 is 0 Å². The van der Waals surface area contributed by atoms with Crippen molar-refractivity contribution in [2.75, 3.05) is 7.11 Å². The Bertz CT molecular complexity index is 746. The van der Waals surface area contributed by atoms with Crippen LogP contribution in [0.25, 0.3) is 0 Å². The molecule has 0 aliphatic rings. The zero-order valence-corrected chi connectivity index (χ0v) is 14.6. The Balaban J connectivity index is 2.28. The van der Waals surface area contributed by atoms with Gasteiger partial charge in [-0.25, -0.2) is 4.79 Å². The molecule has 5 nitrogen and oxygen atoms in total. The average Bonchev–Trinajstić information content (AvgIpc) is 2.57. The van der Waals surface area contributed by atoms with Gasteiger partial charge in [0, 0.05) is 16.7 Å². The molecule has 0 aliphatic heterocycles. The maximum Gasteiger partial charge on any atom is 0.513 e. The molecule has 2 aromatic rings. The van der Waals surface area contributed by atoms with Gasteiger partial charge in [-0.2, -0.15) is 0 Å². The molecule has 0 saturated heterocycles. The van der Waals surface area contributed by atoms with E-state index in [0.29, 0.717) is 26.9 Å². The first-order valence-electron chi connectivity index (χ1n) is 7.02. The van der Waals surface area contributed by atoms with Crippen molar-refractivity contribution < 1.29 is 24.1 Å². The lowest BCUT2D eigenvalue weighted by atomic mass is 10.1. The van der Waals surface area contributed by atoms with Crippen LogP contribution >= 0.6 is 23.2 Å². The monoisotopic (exact) mass is 370 g/mol. The number of aryl methyl sites for hydroxylation is 1. The summed E-state index contributed by atoms with van der Waals surface area (Å²) in [5, 5.41) is 10.4. The number of carbonyl (C=O) groups excluding carboxylic acids is 1. The predicted octanol–water partition coefficient (Wildman–Crippen LogP) is 4.52. The van der Waals surface area contributed by atoms with E-state index in [9.17, 15) is 9.90 Å². The molecule has 0 spiro atoms. The van der Waals surface area contributed by atoms with Gasteiger partial charge in [-0.3, -0.25) is 0 Å². The summed E-state index contributed by atoms with van der Waals surface area (Å²) < 4.78 is 15.3. The van der Waals surface area contributed by atoms with Crippen molar-refractivity contribution in [3.8, 4) is 11.5 Å². The third-order valence-corrected chi connectivity index (χ3v) is 4.05. The van der Waals surface area contributed by atoms with Crippen molar-refractivity contribution in [2.24, 2.45) is 0 Å². The molecule has 0 atom stereocenters. The fourth-order valence-electron chi connectivity index (χ4n) is 2.04. The number of ether oxygens (including phenoxy) is 3. The minimum absolute atomic E-state index is 0.0299. The van der Waals surface area contributed by atoms with Crippen molar-refractivity contribution >= 4 is 29.4 Å². The number of halogens is 2. The molecule has 0 fully saturated rings. The van der Waals surface area contributed by atoms with Crippen LogP contribution in [0.3, 0.4) is 0 Å². The van der Waals surface area contributed by atoms with Gasteiger partial charge in [-0.15, -0.1) is 0 Å². The Hall–Kier alpha value is -1.95. The third kappa shape index (κ3) is 4.32. The van der Waals surface area contributed by atoms with Crippen molar-refractivity contribution in [1.82, 2.24) is 0 Å². The van der Waals surface area contributed by atoms with Gasteiger partial charge >= 0.3 is 6.16 Å². The fourth-order valence-corrected chi connectivity index (χ4v) is 2.47. The van der Waals surface area contributed by atoms with Gasteiger partial charge in [0.2, 0.25) is 0 Å². The van der Waals surface area contributed by atoms with Crippen LogP contribution in [-0.4, -0.2) is 18.4 Å². The number of aliphatic hydroxyl groups is 1. The number of methoxy groups -OCH3 is 1. The maximum atomic E-state index is 11.4. The molecule has 0 heterocycles. The normalized spacial score (nSPS) is 10.4. The Kier molecular flexibility index (Phi) is 6.31. The largest absolute Gasteiger partial charge is 0.513 e. The van der Waals surface area contributed by atoms with Crippen molar-refractivity contribution in [1.29, 1.82) is 0 Å². The molecule has 2 rings (SSSR count). The first-order valence-corrected chi connectivity index (χ1v) is 7.77. The molecular weight excluding hydrogens is 355 g/mol. The molecule has 1 N–H and O–H groups in total. The molecule has 0 radical (unpaired) electrons. The van der Waals surface area contributed by atoms with Crippen LogP contribution in [0.2, 0.25) is 10.0 Å². The van der Waals surface area contributed by atoms with E-state index in [1.165, 1.54) is 7.11 Å². The molecule has 7 heteroatoms. The van der Waals surface area contributed by atoms with E-state index in [2.05, 4.69) is 4.74 Å². The number of aliphatic hydroxyl groups excluding tert-OH is 1. The highest BCUT2D eigenvalue weighted by molar-refractivity contribution is 6.34. The van der Waals surface area contributed by atoms with E-state index in [-0.39, 0.29) is 19.0 Å². The minimum Gasteiger partial charge on any atom is -0.487 e. The van der Waals surface area contributed by atoms with Crippen molar-refractivity contribution in [3.05, 3.63) is 57.1 Å². The van der Waals surface area contributed by atoms with Gasteiger partial charge in [-0.05, 0) is 30.2 Å². The summed E-state index contributed by atoms with van der Waals surface area (Å²) in [6, 6.07) is 8.25. The summed E-state index contributed by atoms with van der Waals surface area (Å²) in [5.74, 6) is 0.631. The summed E-state index contributed by atoms with van der Waals surface area (Å²) in [6.45, 7) is 1.63. The van der Waals surface area contributed by atoms with Crippen LogP contribution in [-0.2, 0) is 18.0 Å². The van der Waals surface area contributed by atoms with Gasteiger partial charge < -0.3 is 19.3 Å². The van der Waals surface area contributed by atoms with Crippen molar-refractivity contribution in [3.63, 3.8) is 0 Å². The lowest BCUT2D eigenvalue weighted by molar-refractivity contribution is 0.120. The topological polar surface area (TPSA) is 65.0 Å². The van der Waals surface area contributed by atoms with Gasteiger partial charge in [0.15, 0.2) is 0 Å². The lowest BCUT2D eigenvalue weighted by Gasteiger charge is -2.15. The van der Waals surface area contributed by atoms with Gasteiger partial charge in [0.05, 0.1) is 18.7 Å². The quantitative estimate of drug-likeness (QED) is 0.619. The van der Waals surface area contributed by atoms with E-state index in [0.717, 1.165) is 5.56 Å². The van der Waals surface area contributed by atoms with Crippen LogP contribution in [0.4, 0.5) is 4.79 Å². The number of carbonyl (C=O) groups is 1. The lowest BCUT2D eigenvalue weighted by Crippen LogP contribution is -2.11. The van der Waals surface area contributed by atoms with Crippen LogP contribution in [0.5, 0.6) is 11.5 Å². The van der Waals surface area contributed by atoms with E-state index in [1.54, 1.807) is 30.3 Å². The number of hydrogen-bond donors (Lipinski definition) is 1. The van der Waals surface area contributed by atoms with Crippen LogP contribution in [0, 0.1) is 6.92 Å². The second kappa shape index (κ2) is 8.24. The fraction of sp³-hybridized carbons (Fsp3) is 0.235. The Morgan fingerprint density at radius 2 is 1.92 bits per heavy atom. The van der Waals surface area contributed by atoms with E-state index in [4.69, 9.17) is 32.7 Å². The van der Waals surface area contributed by atoms with E-state index < -0.39 is 6.16 Å². The molecule has 0 aliphatic carbocycles. The van der Waals surface area contributed by atoms with Gasteiger partial charge in [0.25, 0.3) is 0 Å². The molecule has 0 saturated carbocycles. The number of rotatable bonds is 5. The highest BCUT2D eigenvalue weighted by Crippen LogP contribution is 2.32. The van der Waals surface area contributed by atoms with Crippen molar-refractivity contribution in [2.45, 2.75) is 20.1 Å². The Labute approximate surface area is 149 Å². The summed E-state index contributed by atoms with van der Waals surface area (Å²) in [5.41, 5.74) is 1.91. The molecule has 128 valence electrons. The van der Waals surface area contributed by atoms with Crippen LogP contribution < -0.4 is 9.47 Å². The smallest absolute Gasteiger partial charge is 0.487 e. The summed E-state index contributed by atoms with van der Waals surface area (Å²) in [6.07, 6.45) is -0.859. The zero-order chi connectivity index (χ0) is 17.7. The molecule has 24 heavy (non-hydrogen) atoms. The second-order valence-electron chi connectivity index (χ2n) is 4.93. The van der Waals surface area contributed by atoms with Crippen LogP contribution in [0.1, 0.15) is 16.7 Å². The van der Waals surface area contributed by atoms with Gasteiger partial charge in [-0.1, -0.05) is 35.3 Å². The van der Waals surface area contributed by atoms with Crippen LogP contribution in [0.15, 0.2) is 30.3 Å². The standard InChI is InChI=1S/C17H16Cl2O5/c1-10-6-14(19)16(7-13(10)18)23-9-12-11(8-20)4-3-5-15(12)24-17(21)22-2/h3-7,20H,8-9H2,1-2H3. The summed E-state index contributed by atoms with van der Waals surface area (Å²) in [7, 11) is 1.21. The molecule has 2 aromatic carbocycles. The summed E-state index contributed by atoms with van der Waals surface area (Å²) >= 11 is 12.2. The first kappa shape index (κ1) is 18.4. The highest BCUT2D eigenvalue weighted by atomic mass is 35.5. The maximum absolute atomic E-state index is 11.4. The second-order valence-corrected chi connectivity index (χ2v) is 5.74. The molecular formula is C17H16Cl2O5. The zero-order valence-electron chi connectivity index (χ0n) is 13.1. The highest BCUT2D eigenvalue weighted by Gasteiger charge is 2.15. The first-order chi connectivity index (χ1) is 11.5. The molecule has 0 aromatic heterocycles. The SMILES string of the molecule is COC(=O)Oc1cccc(CO)c1COc1cc(Cl)c(C)cc1Cl. The summed E-state index contributed by atoms with van der Waals surface area (Å²) in [4.78, 5) is 11.4. The predicted molar refractivity (Wildman–Crippen MR) is 90.9 cm³/mol. The number of hydrogen-bond acceptors (Lipinski definition) is 5. The van der Waals surface area contributed by atoms with E-state index in [1.807, 2.05) is 6.92 Å². The third-order valence-electron chi connectivity index (χ3n) is 3.35.